The first-order valence-electron chi connectivity index (χ1n) is 5.18. The van der Waals surface area contributed by atoms with Crippen molar-refractivity contribution in [1.82, 2.24) is 10.2 Å². The monoisotopic (exact) mass is 242 g/mol. The van der Waals surface area contributed by atoms with Crippen LogP contribution in [-0.2, 0) is 6.54 Å². The molecule has 0 bridgehead atoms. The fraction of sp³-hybridized carbons (Fsp3) is 0.455. The molecule has 2 aliphatic rings. The zero-order valence-electron chi connectivity index (χ0n) is 8.26. The van der Waals surface area contributed by atoms with E-state index in [9.17, 15) is 0 Å². The molecule has 0 saturated carbocycles. The van der Waals surface area contributed by atoms with Gasteiger partial charge in [-0.3, -0.25) is 4.90 Å². The van der Waals surface area contributed by atoms with E-state index < -0.39 is 0 Å². The molecular formula is C11H12Cl2N2. The fourth-order valence-corrected chi connectivity index (χ4v) is 2.87. The summed E-state index contributed by atoms with van der Waals surface area (Å²) in [5.74, 6) is 0. The average molecular weight is 243 g/mol. The van der Waals surface area contributed by atoms with Crippen LogP contribution in [0.15, 0.2) is 12.1 Å². The molecule has 1 saturated heterocycles. The number of nitrogens with one attached hydrogen (secondary N) is 1. The van der Waals surface area contributed by atoms with Gasteiger partial charge in [0.25, 0.3) is 0 Å². The van der Waals surface area contributed by atoms with Crippen molar-refractivity contribution in [2.24, 2.45) is 0 Å². The summed E-state index contributed by atoms with van der Waals surface area (Å²) in [6.07, 6.45) is 0. The van der Waals surface area contributed by atoms with Gasteiger partial charge in [-0.1, -0.05) is 23.2 Å². The Morgan fingerprint density at radius 2 is 2.07 bits per heavy atom. The molecule has 1 aromatic rings. The van der Waals surface area contributed by atoms with E-state index in [0.29, 0.717) is 16.1 Å². The van der Waals surface area contributed by atoms with Crippen molar-refractivity contribution in [2.75, 3.05) is 19.6 Å². The molecule has 0 aromatic heterocycles. The molecule has 4 heteroatoms. The highest BCUT2D eigenvalue weighted by molar-refractivity contribution is 6.42. The molecule has 2 heterocycles. The van der Waals surface area contributed by atoms with Crippen molar-refractivity contribution in [3.05, 3.63) is 33.3 Å². The van der Waals surface area contributed by atoms with Crippen molar-refractivity contribution in [1.29, 1.82) is 0 Å². The molecule has 80 valence electrons. The van der Waals surface area contributed by atoms with Gasteiger partial charge in [-0.25, -0.2) is 0 Å². The second-order valence-corrected chi connectivity index (χ2v) is 4.97. The Hall–Kier alpha value is -0.280. The third kappa shape index (κ3) is 1.56. The maximum atomic E-state index is 6.05. The normalized spacial score (nSPS) is 25.1. The van der Waals surface area contributed by atoms with Crippen LogP contribution in [0.5, 0.6) is 0 Å². The lowest BCUT2D eigenvalue weighted by molar-refractivity contribution is 0.178. The predicted octanol–water partition coefficient (Wildman–Crippen LogP) is 2.45. The fourth-order valence-electron chi connectivity index (χ4n) is 2.51. The second-order valence-electron chi connectivity index (χ2n) is 4.16. The van der Waals surface area contributed by atoms with Crippen LogP contribution in [0.1, 0.15) is 17.2 Å². The van der Waals surface area contributed by atoms with Gasteiger partial charge in [0.05, 0.1) is 10.0 Å². The first kappa shape index (κ1) is 9.91. The van der Waals surface area contributed by atoms with E-state index in [-0.39, 0.29) is 0 Å². The molecule has 1 unspecified atom stereocenters. The zero-order valence-corrected chi connectivity index (χ0v) is 9.78. The Balaban J connectivity index is 2.04. The lowest BCUT2D eigenvalue weighted by atomic mass is 10.0. The van der Waals surface area contributed by atoms with E-state index in [0.717, 1.165) is 26.2 Å². The SMILES string of the molecule is Clc1cc2c(cc1Cl)C1CNCCN1C2. The molecule has 0 spiro atoms. The van der Waals surface area contributed by atoms with Gasteiger partial charge in [0.2, 0.25) is 0 Å². The molecule has 2 aliphatic heterocycles. The summed E-state index contributed by atoms with van der Waals surface area (Å²) in [6.45, 7) is 4.21. The largest absolute Gasteiger partial charge is 0.314 e. The number of piperazine rings is 1. The standard InChI is InChI=1S/C11H12Cl2N2/c12-9-3-7-6-15-2-1-14-5-11(15)8(7)4-10(9)13/h3-4,11,14H,1-2,5-6H2. The summed E-state index contributed by atoms with van der Waals surface area (Å²) in [5.41, 5.74) is 2.68. The third-order valence-corrected chi connectivity index (χ3v) is 3.99. The summed E-state index contributed by atoms with van der Waals surface area (Å²) in [7, 11) is 0. The molecule has 3 rings (SSSR count). The number of fused-ring (bicyclic) bond motifs is 3. The van der Waals surface area contributed by atoms with E-state index in [1.165, 1.54) is 11.1 Å². The van der Waals surface area contributed by atoms with Gasteiger partial charge in [0.1, 0.15) is 0 Å². The van der Waals surface area contributed by atoms with Crippen LogP contribution in [0, 0.1) is 0 Å². The highest BCUT2D eigenvalue weighted by atomic mass is 35.5. The first-order valence-corrected chi connectivity index (χ1v) is 5.94. The molecule has 1 N–H and O–H groups in total. The Kier molecular flexibility index (Phi) is 2.40. The number of benzene rings is 1. The van der Waals surface area contributed by atoms with Crippen molar-refractivity contribution in [2.45, 2.75) is 12.6 Å². The van der Waals surface area contributed by atoms with E-state index in [1.54, 1.807) is 0 Å². The molecular weight excluding hydrogens is 231 g/mol. The number of hydrogen-bond acceptors (Lipinski definition) is 2. The van der Waals surface area contributed by atoms with Crippen molar-refractivity contribution in [3.63, 3.8) is 0 Å². The van der Waals surface area contributed by atoms with Crippen LogP contribution in [-0.4, -0.2) is 24.5 Å². The minimum absolute atomic E-state index is 0.489. The molecule has 15 heavy (non-hydrogen) atoms. The Bertz CT molecular complexity index is 406. The maximum absolute atomic E-state index is 6.05. The first-order chi connectivity index (χ1) is 7.25. The summed E-state index contributed by atoms with van der Waals surface area (Å²) < 4.78 is 0. The predicted molar refractivity (Wildman–Crippen MR) is 62.5 cm³/mol. The summed E-state index contributed by atoms with van der Waals surface area (Å²) in [5, 5.41) is 4.75. The molecule has 2 nitrogen and oxygen atoms in total. The Morgan fingerprint density at radius 1 is 1.27 bits per heavy atom. The summed E-state index contributed by atoms with van der Waals surface area (Å²) in [4.78, 5) is 2.48. The van der Waals surface area contributed by atoms with E-state index in [1.807, 2.05) is 12.1 Å². The average Bonchev–Trinajstić information content (AvgIpc) is 2.57. The van der Waals surface area contributed by atoms with E-state index >= 15 is 0 Å². The van der Waals surface area contributed by atoms with Crippen LogP contribution in [0.4, 0.5) is 0 Å². The zero-order chi connectivity index (χ0) is 10.4. The van der Waals surface area contributed by atoms with Crippen LogP contribution in [0.25, 0.3) is 0 Å². The lowest BCUT2D eigenvalue weighted by Gasteiger charge is -2.30. The van der Waals surface area contributed by atoms with E-state index in [2.05, 4.69) is 10.2 Å². The van der Waals surface area contributed by atoms with E-state index in [4.69, 9.17) is 23.2 Å². The lowest BCUT2D eigenvalue weighted by Crippen LogP contribution is -2.42. The van der Waals surface area contributed by atoms with Gasteiger partial charge in [-0.15, -0.1) is 0 Å². The molecule has 1 aromatic carbocycles. The molecule has 1 fully saturated rings. The quantitative estimate of drug-likeness (QED) is 0.752. The third-order valence-electron chi connectivity index (χ3n) is 3.27. The van der Waals surface area contributed by atoms with Crippen molar-refractivity contribution in [3.8, 4) is 0 Å². The second kappa shape index (κ2) is 3.63. The highest BCUT2D eigenvalue weighted by Gasteiger charge is 2.32. The van der Waals surface area contributed by atoms with Crippen LogP contribution in [0.3, 0.4) is 0 Å². The van der Waals surface area contributed by atoms with Crippen molar-refractivity contribution >= 4 is 23.2 Å². The smallest absolute Gasteiger partial charge is 0.0595 e. The van der Waals surface area contributed by atoms with Gasteiger partial charge in [0.15, 0.2) is 0 Å². The Morgan fingerprint density at radius 3 is 2.93 bits per heavy atom. The highest BCUT2D eigenvalue weighted by Crippen LogP contribution is 2.38. The van der Waals surface area contributed by atoms with Crippen LogP contribution in [0.2, 0.25) is 10.0 Å². The number of rotatable bonds is 0. The van der Waals surface area contributed by atoms with Gasteiger partial charge in [-0.05, 0) is 23.3 Å². The summed E-state index contributed by atoms with van der Waals surface area (Å²) in [6, 6.07) is 4.53. The topological polar surface area (TPSA) is 15.3 Å². The molecule has 1 atom stereocenters. The van der Waals surface area contributed by atoms with Crippen LogP contribution < -0.4 is 5.32 Å². The number of halogens is 2. The van der Waals surface area contributed by atoms with Gasteiger partial charge in [-0.2, -0.15) is 0 Å². The number of hydrogen-bond donors (Lipinski definition) is 1. The summed E-state index contributed by atoms with van der Waals surface area (Å²) >= 11 is 12.1. The Labute approximate surface area is 99.2 Å². The van der Waals surface area contributed by atoms with Crippen molar-refractivity contribution < 1.29 is 0 Å². The van der Waals surface area contributed by atoms with Crippen LogP contribution >= 0.6 is 23.2 Å². The molecule has 0 amide bonds. The van der Waals surface area contributed by atoms with Gasteiger partial charge in [0, 0.05) is 32.2 Å². The number of nitrogens with zero attached hydrogens (tertiary/aromatic N) is 1. The van der Waals surface area contributed by atoms with Gasteiger partial charge >= 0.3 is 0 Å². The van der Waals surface area contributed by atoms with Gasteiger partial charge < -0.3 is 5.32 Å². The maximum Gasteiger partial charge on any atom is 0.0595 e. The molecule has 0 radical (unpaired) electrons. The minimum Gasteiger partial charge on any atom is -0.314 e. The molecule has 0 aliphatic carbocycles. The minimum atomic E-state index is 0.489.